The van der Waals surface area contributed by atoms with Gasteiger partial charge >= 0.3 is 0 Å². The Balaban J connectivity index is 2.10. The maximum absolute atomic E-state index is 13.0. The van der Waals surface area contributed by atoms with Crippen LogP contribution in [0.4, 0.5) is 4.39 Å². The number of carbonyl (C=O) groups excluding carboxylic acids is 1. The molecular weight excluding hydrogens is 290 g/mol. The van der Waals surface area contributed by atoms with Gasteiger partial charge in [0.25, 0.3) is 5.24 Å². The van der Waals surface area contributed by atoms with E-state index in [1.54, 1.807) is 18.2 Å². The Morgan fingerprint density at radius 2 is 2.00 bits per heavy atom. The topological polar surface area (TPSA) is 26.3 Å². The molecule has 2 aromatic carbocycles. The molecule has 98 valence electrons. The summed E-state index contributed by atoms with van der Waals surface area (Å²) < 4.78 is 18.4. The van der Waals surface area contributed by atoms with Crippen LogP contribution in [0.3, 0.4) is 0 Å². The summed E-state index contributed by atoms with van der Waals surface area (Å²) in [6, 6.07) is 10.6. The molecule has 0 N–H and O–H groups in total. The molecule has 0 amide bonds. The van der Waals surface area contributed by atoms with Gasteiger partial charge in [0.1, 0.15) is 18.2 Å². The van der Waals surface area contributed by atoms with E-state index in [9.17, 15) is 9.18 Å². The smallest absolute Gasteiger partial charge is 0.252 e. The first-order valence-electron chi connectivity index (χ1n) is 5.43. The summed E-state index contributed by atoms with van der Waals surface area (Å²) in [5.74, 6) is 0.0860. The first-order chi connectivity index (χ1) is 9.06. The number of hydrogen-bond donors (Lipinski definition) is 0. The second-order valence-corrected chi connectivity index (χ2v) is 4.59. The maximum atomic E-state index is 13.0. The van der Waals surface area contributed by atoms with E-state index in [2.05, 4.69) is 0 Å². The number of benzene rings is 2. The van der Waals surface area contributed by atoms with Gasteiger partial charge in [0.2, 0.25) is 0 Å². The van der Waals surface area contributed by atoms with Crippen LogP contribution in [-0.2, 0) is 6.61 Å². The zero-order valence-corrected chi connectivity index (χ0v) is 11.2. The third-order valence-electron chi connectivity index (χ3n) is 2.44. The predicted octanol–water partition coefficient (Wildman–Crippen LogP) is 4.44. The van der Waals surface area contributed by atoms with E-state index in [1.165, 1.54) is 24.3 Å². The molecule has 19 heavy (non-hydrogen) atoms. The van der Waals surface area contributed by atoms with Gasteiger partial charge in [0, 0.05) is 5.56 Å². The molecule has 0 spiro atoms. The fourth-order valence-corrected chi connectivity index (χ4v) is 1.88. The largest absolute Gasteiger partial charge is 0.487 e. The minimum Gasteiger partial charge on any atom is -0.487 e. The standard InChI is InChI=1S/C14H9Cl2FO2/c15-12-7-10(14(16)18)4-5-13(12)19-8-9-2-1-3-11(17)6-9/h1-7H,8H2. The van der Waals surface area contributed by atoms with Crippen molar-refractivity contribution in [2.24, 2.45) is 0 Å². The average molecular weight is 299 g/mol. The third kappa shape index (κ3) is 3.69. The minimum atomic E-state index is -0.585. The highest BCUT2D eigenvalue weighted by atomic mass is 35.5. The van der Waals surface area contributed by atoms with E-state index in [4.69, 9.17) is 27.9 Å². The van der Waals surface area contributed by atoms with Crippen LogP contribution in [-0.4, -0.2) is 5.24 Å². The molecule has 0 bridgehead atoms. The monoisotopic (exact) mass is 298 g/mol. The van der Waals surface area contributed by atoms with Crippen molar-refractivity contribution in [2.45, 2.75) is 6.61 Å². The SMILES string of the molecule is O=C(Cl)c1ccc(OCc2cccc(F)c2)c(Cl)c1. The van der Waals surface area contributed by atoms with Gasteiger partial charge in [0.05, 0.1) is 5.02 Å². The van der Waals surface area contributed by atoms with Crippen LogP contribution in [0.15, 0.2) is 42.5 Å². The number of hydrogen-bond acceptors (Lipinski definition) is 2. The molecule has 2 nitrogen and oxygen atoms in total. The Kier molecular flexibility index (Phi) is 4.40. The summed E-state index contributed by atoms with van der Waals surface area (Å²) in [5.41, 5.74) is 0.985. The lowest BCUT2D eigenvalue weighted by molar-refractivity contribution is 0.108. The van der Waals surface area contributed by atoms with E-state index in [-0.39, 0.29) is 17.4 Å². The van der Waals surface area contributed by atoms with Gasteiger partial charge < -0.3 is 4.74 Å². The van der Waals surface area contributed by atoms with Crippen molar-refractivity contribution in [1.29, 1.82) is 0 Å². The molecule has 5 heteroatoms. The third-order valence-corrected chi connectivity index (χ3v) is 2.96. The average Bonchev–Trinajstić information content (AvgIpc) is 2.37. The second kappa shape index (κ2) is 6.04. The van der Waals surface area contributed by atoms with Crippen LogP contribution in [0, 0.1) is 5.82 Å². The zero-order valence-electron chi connectivity index (χ0n) is 9.70. The minimum absolute atomic E-state index is 0.186. The number of rotatable bonds is 4. The van der Waals surface area contributed by atoms with Crippen molar-refractivity contribution in [1.82, 2.24) is 0 Å². The quantitative estimate of drug-likeness (QED) is 0.780. The van der Waals surface area contributed by atoms with Gasteiger partial charge in [-0.2, -0.15) is 0 Å². The Morgan fingerprint density at radius 3 is 2.63 bits per heavy atom. The Hall–Kier alpha value is -1.58. The molecule has 0 aliphatic carbocycles. The number of ether oxygens (including phenoxy) is 1. The Bertz CT molecular complexity index is 614. The Morgan fingerprint density at radius 1 is 1.21 bits per heavy atom. The van der Waals surface area contributed by atoms with Crippen molar-refractivity contribution in [3.05, 3.63) is 64.4 Å². The van der Waals surface area contributed by atoms with Crippen molar-refractivity contribution in [2.75, 3.05) is 0 Å². The van der Waals surface area contributed by atoms with Crippen molar-refractivity contribution in [3.8, 4) is 5.75 Å². The van der Waals surface area contributed by atoms with Crippen LogP contribution in [0.25, 0.3) is 0 Å². The van der Waals surface area contributed by atoms with Crippen LogP contribution in [0.2, 0.25) is 5.02 Å². The molecule has 0 atom stereocenters. The molecule has 2 rings (SSSR count). The van der Waals surface area contributed by atoms with E-state index in [0.717, 1.165) is 0 Å². The fraction of sp³-hybridized carbons (Fsp3) is 0.0714. The lowest BCUT2D eigenvalue weighted by Crippen LogP contribution is -1.97. The summed E-state index contributed by atoms with van der Waals surface area (Å²) in [7, 11) is 0. The lowest BCUT2D eigenvalue weighted by Gasteiger charge is -2.08. The first-order valence-corrected chi connectivity index (χ1v) is 6.18. The summed E-state index contributed by atoms with van der Waals surface area (Å²) in [5, 5.41) is -0.304. The van der Waals surface area contributed by atoms with Gasteiger partial charge in [-0.25, -0.2) is 4.39 Å². The second-order valence-electron chi connectivity index (χ2n) is 3.84. The van der Waals surface area contributed by atoms with Crippen molar-refractivity contribution in [3.63, 3.8) is 0 Å². The molecule has 0 radical (unpaired) electrons. The van der Waals surface area contributed by atoms with Gasteiger partial charge in [-0.1, -0.05) is 23.7 Å². The molecule has 0 fully saturated rings. The van der Waals surface area contributed by atoms with E-state index < -0.39 is 5.24 Å². The molecule has 0 unspecified atom stereocenters. The molecule has 0 aliphatic rings. The van der Waals surface area contributed by atoms with Gasteiger partial charge in [-0.3, -0.25) is 4.79 Å². The van der Waals surface area contributed by atoms with E-state index in [0.29, 0.717) is 16.9 Å². The number of carbonyl (C=O) groups is 1. The summed E-state index contributed by atoms with van der Waals surface area (Å²) in [4.78, 5) is 11.0. The molecule has 2 aromatic rings. The van der Waals surface area contributed by atoms with Crippen LogP contribution in [0.5, 0.6) is 5.75 Å². The van der Waals surface area contributed by atoms with Crippen molar-refractivity contribution >= 4 is 28.4 Å². The van der Waals surface area contributed by atoms with Gasteiger partial charge in [-0.15, -0.1) is 0 Å². The van der Waals surface area contributed by atoms with Crippen molar-refractivity contribution < 1.29 is 13.9 Å². The van der Waals surface area contributed by atoms with Gasteiger partial charge in [-0.05, 0) is 47.5 Å². The highest BCUT2D eigenvalue weighted by Crippen LogP contribution is 2.26. The van der Waals surface area contributed by atoms with E-state index >= 15 is 0 Å². The normalized spacial score (nSPS) is 10.3. The molecular formula is C14H9Cl2FO2. The van der Waals surface area contributed by atoms with Crippen LogP contribution >= 0.6 is 23.2 Å². The molecule has 0 aliphatic heterocycles. The van der Waals surface area contributed by atoms with E-state index in [1.807, 2.05) is 0 Å². The fourth-order valence-electron chi connectivity index (χ4n) is 1.53. The summed E-state index contributed by atoms with van der Waals surface area (Å²) in [6.07, 6.45) is 0. The first kappa shape index (κ1) is 13.8. The molecule has 0 saturated heterocycles. The molecule has 0 heterocycles. The number of halogens is 3. The Labute approximate surface area is 119 Å². The highest BCUT2D eigenvalue weighted by Gasteiger charge is 2.07. The summed E-state index contributed by atoms with van der Waals surface area (Å²) >= 11 is 11.3. The summed E-state index contributed by atoms with van der Waals surface area (Å²) in [6.45, 7) is 0.186. The van der Waals surface area contributed by atoms with Gasteiger partial charge in [0.15, 0.2) is 0 Å². The lowest BCUT2D eigenvalue weighted by atomic mass is 10.2. The zero-order chi connectivity index (χ0) is 13.8. The predicted molar refractivity (Wildman–Crippen MR) is 72.4 cm³/mol. The molecule has 0 saturated carbocycles. The maximum Gasteiger partial charge on any atom is 0.252 e. The van der Waals surface area contributed by atoms with Crippen LogP contribution < -0.4 is 4.74 Å². The highest BCUT2D eigenvalue weighted by molar-refractivity contribution is 6.67. The molecule has 0 aromatic heterocycles. The van der Waals surface area contributed by atoms with Crippen LogP contribution in [0.1, 0.15) is 15.9 Å².